The second kappa shape index (κ2) is 6.62. The Kier molecular flexibility index (Phi) is 4.39. The molecule has 3 rings (SSSR count). The van der Waals surface area contributed by atoms with E-state index in [1.165, 1.54) is 6.21 Å². The Labute approximate surface area is 138 Å². The number of fused-ring (bicyclic) bond motifs is 1. The van der Waals surface area contributed by atoms with Crippen molar-refractivity contribution >= 4 is 34.8 Å². The summed E-state index contributed by atoms with van der Waals surface area (Å²) in [4.78, 5) is 16.5. The van der Waals surface area contributed by atoms with E-state index in [0.717, 1.165) is 22.4 Å². The van der Waals surface area contributed by atoms with E-state index in [4.69, 9.17) is 11.6 Å². The Hall–Kier alpha value is -2.66. The molecule has 5 nitrogen and oxygen atoms in total. The average molecular weight is 327 g/mol. The summed E-state index contributed by atoms with van der Waals surface area (Å²) < 4.78 is 1.86. The Morgan fingerprint density at radius 1 is 1.26 bits per heavy atom. The van der Waals surface area contributed by atoms with Gasteiger partial charge in [0, 0.05) is 10.6 Å². The molecule has 0 aliphatic heterocycles. The van der Waals surface area contributed by atoms with Gasteiger partial charge >= 0.3 is 0 Å². The molecule has 116 valence electrons. The summed E-state index contributed by atoms with van der Waals surface area (Å²) in [5.74, 6) is 0.566. The Bertz CT molecular complexity index is 885. The molecule has 2 aromatic carbocycles. The van der Waals surface area contributed by atoms with Crippen molar-refractivity contribution in [2.24, 2.45) is 5.10 Å². The molecule has 1 N–H and O–H groups in total. The highest BCUT2D eigenvalue weighted by atomic mass is 35.5. The van der Waals surface area contributed by atoms with Gasteiger partial charge in [-0.1, -0.05) is 41.9 Å². The molecule has 0 fully saturated rings. The quantitative estimate of drug-likeness (QED) is 0.591. The molecule has 3 aromatic rings. The van der Waals surface area contributed by atoms with Gasteiger partial charge in [-0.2, -0.15) is 5.10 Å². The number of aromatic nitrogens is 2. The van der Waals surface area contributed by atoms with Gasteiger partial charge in [-0.15, -0.1) is 0 Å². The van der Waals surface area contributed by atoms with Crippen molar-refractivity contribution in [3.05, 3.63) is 64.9 Å². The second-order valence-electron chi connectivity index (χ2n) is 5.05. The van der Waals surface area contributed by atoms with Gasteiger partial charge in [-0.25, -0.2) is 10.4 Å². The van der Waals surface area contributed by atoms with Crippen LogP contribution >= 0.6 is 11.6 Å². The molecule has 0 saturated carbocycles. The average Bonchev–Trinajstić information content (AvgIpc) is 2.85. The molecule has 1 aromatic heterocycles. The summed E-state index contributed by atoms with van der Waals surface area (Å²) in [6.07, 6.45) is 1.53. The zero-order valence-electron chi connectivity index (χ0n) is 12.5. The first-order chi connectivity index (χ1) is 11.1. The van der Waals surface area contributed by atoms with Crippen molar-refractivity contribution in [3.63, 3.8) is 0 Å². The van der Waals surface area contributed by atoms with Gasteiger partial charge in [0.1, 0.15) is 12.4 Å². The van der Waals surface area contributed by atoms with E-state index in [2.05, 4.69) is 15.5 Å². The number of nitrogens with zero attached hydrogens (tertiary/aromatic N) is 3. The zero-order chi connectivity index (χ0) is 16.2. The molecule has 0 aliphatic carbocycles. The van der Waals surface area contributed by atoms with E-state index >= 15 is 0 Å². The number of amides is 1. The molecule has 0 atom stereocenters. The van der Waals surface area contributed by atoms with Crippen molar-refractivity contribution in [1.82, 2.24) is 15.0 Å². The topological polar surface area (TPSA) is 59.3 Å². The maximum absolute atomic E-state index is 12.1. The first-order valence-electron chi connectivity index (χ1n) is 7.13. The van der Waals surface area contributed by atoms with Gasteiger partial charge in [0.05, 0.1) is 17.2 Å². The lowest BCUT2D eigenvalue weighted by Gasteiger charge is -2.05. The summed E-state index contributed by atoms with van der Waals surface area (Å²) in [6, 6.07) is 15.0. The fraction of sp³-hybridized carbons (Fsp3) is 0.118. The number of imidazole rings is 1. The lowest BCUT2D eigenvalue weighted by molar-refractivity contribution is -0.121. The third kappa shape index (κ3) is 3.40. The van der Waals surface area contributed by atoms with E-state index < -0.39 is 0 Å². The first kappa shape index (κ1) is 15.2. The molecule has 1 amide bonds. The van der Waals surface area contributed by atoms with Crippen LogP contribution in [0.25, 0.3) is 11.0 Å². The van der Waals surface area contributed by atoms with Crippen LogP contribution in [0.4, 0.5) is 0 Å². The minimum Gasteiger partial charge on any atom is -0.319 e. The highest BCUT2D eigenvalue weighted by molar-refractivity contribution is 6.33. The minimum absolute atomic E-state index is 0.159. The van der Waals surface area contributed by atoms with Crippen molar-refractivity contribution in [2.75, 3.05) is 0 Å². The number of halogens is 1. The van der Waals surface area contributed by atoms with Crippen molar-refractivity contribution in [1.29, 1.82) is 0 Å². The van der Waals surface area contributed by atoms with Gasteiger partial charge in [0.2, 0.25) is 0 Å². The molecule has 1 heterocycles. The number of hydrazone groups is 1. The number of aryl methyl sites for hydroxylation is 1. The van der Waals surface area contributed by atoms with Crippen LogP contribution in [0, 0.1) is 6.92 Å². The maximum atomic E-state index is 12.1. The van der Waals surface area contributed by atoms with Crippen LogP contribution in [0.15, 0.2) is 53.6 Å². The molecule has 0 unspecified atom stereocenters. The maximum Gasteiger partial charge on any atom is 0.260 e. The predicted molar refractivity (Wildman–Crippen MR) is 91.7 cm³/mol. The summed E-state index contributed by atoms with van der Waals surface area (Å²) in [5, 5.41) is 4.54. The SMILES string of the molecule is Cc1nc2ccccc2n1CC(=O)NN=Cc1ccccc1Cl. The van der Waals surface area contributed by atoms with E-state index in [0.29, 0.717) is 5.02 Å². The van der Waals surface area contributed by atoms with E-state index in [-0.39, 0.29) is 12.5 Å². The van der Waals surface area contributed by atoms with Crippen molar-refractivity contribution < 1.29 is 4.79 Å². The molecule has 0 radical (unpaired) electrons. The fourth-order valence-electron chi connectivity index (χ4n) is 2.33. The lowest BCUT2D eigenvalue weighted by Crippen LogP contribution is -2.23. The minimum atomic E-state index is -0.223. The lowest BCUT2D eigenvalue weighted by atomic mass is 10.2. The number of hydrogen-bond donors (Lipinski definition) is 1. The van der Waals surface area contributed by atoms with Crippen molar-refractivity contribution in [2.45, 2.75) is 13.5 Å². The standard InChI is InChI=1S/C17H15ClN4O/c1-12-20-15-8-4-5-9-16(15)22(12)11-17(23)21-19-10-13-6-2-3-7-14(13)18/h2-10H,11H2,1H3,(H,21,23). The molecule has 23 heavy (non-hydrogen) atoms. The number of para-hydroxylation sites is 2. The van der Waals surface area contributed by atoms with Gasteiger partial charge in [-0.3, -0.25) is 4.79 Å². The van der Waals surface area contributed by atoms with E-state index in [1.807, 2.05) is 54.0 Å². The fourth-order valence-corrected chi connectivity index (χ4v) is 2.51. The number of hydrogen-bond acceptors (Lipinski definition) is 3. The normalized spacial score (nSPS) is 11.2. The summed E-state index contributed by atoms with van der Waals surface area (Å²) in [7, 11) is 0. The van der Waals surface area contributed by atoms with Gasteiger partial charge in [0.15, 0.2) is 0 Å². The molecule has 0 aliphatic rings. The Morgan fingerprint density at radius 2 is 2.00 bits per heavy atom. The van der Waals surface area contributed by atoms with Crippen LogP contribution in [0.3, 0.4) is 0 Å². The van der Waals surface area contributed by atoms with Crippen LogP contribution in [-0.4, -0.2) is 21.7 Å². The Morgan fingerprint density at radius 3 is 2.83 bits per heavy atom. The molecule has 0 saturated heterocycles. The molecule has 6 heteroatoms. The van der Waals surface area contributed by atoms with Crippen LogP contribution in [0.2, 0.25) is 5.02 Å². The number of carbonyl (C=O) groups is 1. The predicted octanol–water partition coefficient (Wildman–Crippen LogP) is 3.15. The highest BCUT2D eigenvalue weighted by Gasteiger charge is 2.09. The molecular weight excluding hydrogens is 312 g/mol. The zero-order valence-corrected chi connectivity index (χ0v) is 13.3. The number of carbonyl (C=O) groups excluding carboxylic acids is 1. The summed E-state index contributed by atoms with van der Waals surface area (Å²) >= 11 is 6.02. The Balaban J connectivity index is 1.70. The van der Waals surface area contributed by atoms with Gasteiger partial charge in [-0.05, 0) is 25.1 Å². The second-order valence-corrected chi connectivity index (χ2v) is 5.46. The molecular formula is C17H15ClN4O. The molecule has 0 bridgehead atoms. The van der Waals surface area contributed by atoms with Crippen LogP contribution < -0.4 is 5.43 Å². The van der Waals surface area contributed by atoms with Crippen LogP contribution in [-0.2, 0) is 11.3 Å². The number of nitrogens with one attached hydrogen (secondary N) is 1. The van der Waals surface area contributed by atoms with Crippen LogP contribution in [0.5, 0.6) is 0 Å². The van der Waals surface area contributed by atoms with Gasteiger partial charge < -0.3 is 4.57 Å². The van der Waals surface area contributed by atoms with Crippen molar-refractivity contribution in [3.8, 4) is 0 Å². The largest absolute Gasteiger partial charge is 0.319 e. The highest BCUT2D eigenvalue weighted by Crippen LogP contribution is 2.15. The number of rotatable bonds is 4. The third-order valence-corrected chi connectivity index (χ3v) is 3.79. The smallest absolute Gasteiger partial charge is 0.260 e. The monoisotopic (exact) mass is 326 g/mol. The van der Waals surface area contributed by atoms with Crippen LogP contribution in [0.1, 0.15) is 11.4 Å². The van der Waals surface area contributed by atoms with E-state index in [9.17, 15) is 4.79 Å². The number of benzene rings is 2. The van der Waals surface area contributed by atoms with E-state index in [1.54, 1.807) is 6.07 Å². The summed E-state index contributed by atoms with van der Waals surface area (Å²) in [6.45, 7) is 2.03. The first-order valence-corrected chi connectivity index (χ1v) is 7.51. The van der Waals surface area contributed by atoms with Gasteiger partial charge in [0.25, 0.3) is 5.91 Å². The summed E-state index contributed by atoms with van der Waals surface area (Å²) in [5.41, 5.74) is 5.06. The third-order valence-electron chi connectivity index (χ3n) is 3.45. The molecule has 0 spiro atoms.